The van der Waals surface area contributed by atoms with Crippen molar-refractivity contribution in [1.29, 1.82) is 0 Å². The average Bonchev–Trinajstić information content (AvgIpc) is 3.11. The van der Waals surface area contributed by atoms with Crippen LogP contribution in [0.4, 0.5) is 0 Å². The number of nitrogens with zero attached hydrogens (tertiary/aromatic N) is 1. The first-order chi connectivity index (χ1) is 16.1. The first kappa shape index (κ1) is 21.0. The molecule has 0 saturated carbocycles. The molecular formula is C26H23NO6. The fourth-order valence-corrected chi connectivity index (χ4v) is 4.45. The van der Waals surface area contributed by atoms with Gasteiger partial charge in [0.15, 0.2) is 11.5 Å². The SMILES string of the molecule is COCCN1C(=O)C(=O)/C(=C(\O)c2cccc3ccccc23)C1c1ccc2c(c1)OCCO2. The van der Waals surface area contributed by atoms with Crippen molar-refractivity contribution < 1.29 is 28.9 Å². The van der Waals surface area contributed by atoms with E-state index in [4.69, 9.17) is 14.2 Å². The highest BCUT2D eigenvalue weighted by molar-refractivity contribution is 6.46. The maximum absolute atomic E-state index is 13.2. The summed E-state index contributed by atoms with van der Waals surface area (Å²) >= 11 is 0. The minimum absolute atomic E-state index is 0.0455. The fourth-order valence-electron chi connectivity index (χ4n) is 4.45. The number of likely N-dealkylation sites (tertiary alicyclic amines) is 1. The van der Waals surface area contributed by atoms with Crippen molar-refractivity contribution >= 4 is 28.2 Å². The summed E-state index contributed by atoms with van der Waals surface area (Å²) in [6.45, 7) is 1.32. The van der Waals surface area contributed by atoms with E-state index >= 15 is 0 Å². The monoisotopic (exact) mass is 445 g/mol. The molecule has 7 nitrogen and oxygen atoms in total. The number of Topliss-reactive ketones (excluding diaryl/α,β-unsaturated/α-hetero) is 1. The van der Waals surface area contributed by atoms with Gasteiger partial charge in [0.2, 0.25) is 0 Å². The van der Waals surface area contributed by atoms with Gasteiger partial charge in [0, 0.05) is 19.2 Å². The second kappa shape index (κ2) is 8.60. The molecule has 1 amide bonds. The summed E-state index contributed by atoms with van der Waals surface area (Å²) in [6.07, 6.45) is 0. The summed E-state index contributed by atoms with van der Waals surface area (Å²) in [6, 6.07) is 17.6. The lowest BCUT2D eigenvalue weighted by molar-refractivity contribution is -0.140. The number of hydrogen-bond donors (Lipinski definition) is 1. The number of carbonyl (C=O) groups excluding carboxylic acids is 2. The lowest BCUT2D eigenvalue weighted by atomic mass is 9.93. The molecule has 0 aliphatic carbocycles. The van der Waals surface area contributed by atoms with Crippen molar-refractivity contribution in [1.82, 2.24) is 4.90 Å². The molecule has 1 saturated heterocycles. The molecule has 2 aliphatic heterocycles. The third-order valence-electron chi connectivity index (χ3n) is 6.00. The van der Waals surface area contributed by atoms with Crippen LogP contribution >= 0.6 is 0 Å². The summed E-state index contributed by atoms with van der Waals surface area (Å²) in [5, 5.41) is 13.1. The Balaban J connectivity index is 1.70. The zero-order chi connectivity index (χ0) is 22.9. The van der Waals surface area contributed by atoms with E-state index in [1.54, 1.807) is 24.3 Å². The summed E-state index contributed by atoms with van der Waals surface area (Å²) in [5.41, 5.74) is 1.20. The quantitative estimate of drug-likeness (QED) is 0.366. The molecule has 0 radical (unpaired) electrons. The Morgan fingerprint density at radius 1 is 1.03 bits per heavy atom. The second-order valence-corrected chi connectivity index (χ2v) is 7.92. The fraction of sp³-hybridized carbons (Fsp3) is 0.231. The molecule has 1 fully saturated rings. The van der Waals surface area contributed by atoms with Gasteiger partial charge in [-0.3, -0.25) is 9.59 Å². The van der Waals surface area contributed by atoms with Gasteiger partial charge >= 0.3 is 0 Å². The third-order valence-corrected chi connectivity index (χ3v) is 6.00. The second-order valence-electron chi connectivity index (χ2n) is 7.92. The van der Waals surface area contributed by atoms with E-state index in [2.05, 4.69) is 0 Å². The van der Waals surface area contributed by atoms with E-state index in [1.165, 1.54) is 12.0 Å². The normalized spacial score (nSPS) is 19.3. The van der Waals surface area contributed by atoms with Crippen LogP contribution in [0.1, 0.15) is 17.2 Å². The molecule has 33 heavy (non-hydrogen) atoms. The van der Waals surface area contributed by atoms with Gasteiger partial charge in [-0.1, -0.05) is 48.5 Å². The number of ether oxygens (including phenoxy) is 3. The van der Waals surface area contributed by atoms with Gasteiger partial charge in [0.25, 0.3) is 11.7 Å². The van der Waals surface area contributed by atoms with Gasteiger partial charge in [0.05, 0.1) is 18.2 Å². The highest BCUT2D eigenvalue weighted by atomic mass is 16.6. The van der Waals surface area contributed by atoms with E-state index in [1.807, 2.05) is 36.4 Å². The molecule has 0 spiro atoms. The Bertz CT molecular complexity index is 1280. The molecule has 7 heteroatoms. The van der Waals surface area contributed by atoms with Crippen LogP contribution in [0.5, 0.6) is 11.5 Å². The van der Waals surface area contributed by atoms with E-state index in [0.29, 0.717) is 35.8 Å². The number of fused-ring (bicyclic) bond motifs is 2. The van der Waals surface area contributed by atoms with E-state index in [0.717, 1.165) is 10.8 Å². The van der Waals surface area contributed by atoms with Gasteiger partial charge in [-0.15, -0.1) is 0 Å². The Kier molecular flexibility index (Phi) is 5.48. The highest BCUT2D eigenvalue weighted by Crippen LogP contribution is 2.43. The van der Waals surface area contributed by atoms with Crippen LogP contribution in [0.2, 0.25) is 0 Å². The van der Waals surface area contributed by atoms with Crippen LogP contribution in [0.25, 0.3) is 16.5 Å². The molecule has 1 atom stereocenters. The Morgan fingerprint density at radius 3 is 2.61 bits per heavy atom. The number of ketones is 1. The maximum Gasteiger partial charge on any atom is 0.295 e. The number of methoxy groups -OCH3 is 1. The Hall–Kier alpha value is -3.84. The average molecular weight is 445 g/mol. The van der Waals surface area contributed by atoms with Crippen molar-refractivity contribution in [3.63, 3.8) is 0 Å². The molecule has 0 aromatic heterocycles. The smallest absolute Gasteiger partial charge is 0.295 e. The number of hydrogen-bond acceptors (Lipinski definition) is 6. The minimum Gasteiger partial charge on any atom is -0.507 e. The number of carbonyl (C=O) groups is 2. The molecule has 3 aromatic rings. The summed E-state index contributed by atoms with van der Waals surface area (Å²) < 4.78 is 16.5. The molecule has 2 heterocycles. The van der Waals surface area contributed by atoms with Crippen LogP contribution in [-0.2, 0) is 14.3 Å². The van der Waals surface area contributed by atoms with E-state index < -0.39 is 17.7 Å². The van der Waals surface area contributed by atoms with Gasteiger partial charge in [-0.2, -0.15) is 0 Å². The van der Waals surface area contributed by atoms with Crippen molar-refractivity contribution in [3.8, 4) is 11.5 Å². The number of amides is 1. The first-order valence-corrected chi connectivity index (χ1v) is 10.7. The summed E-state index contributed by atoms with van der Waals surface area (Å²) in [5.74, 6) is -0.454. The molecular weight excluding hydrogens is 422 g/mol. The van der Waals surface area contributed by atoms with Crippen LogP contribution < -0.4 is 9.47 Å². The van der Waals surface area contributed by atoms with Gasteiger partial charge in [-0.05, 0) is 28.5 Å². The topological polar surface area (TPSA) is 85.3 Å². The van der Waals surface area contributed by atoms with Crippen molar-refractivity contribution in [3.05, 3.63) is 77.4 Å². The van der Waals surface area contributed by atoms with Crippen molar-refractivity contribution in [2.24, 2.45) is 0 Å². The lowest BCUT2D eigenvalue weighted by Gasteiger charge is -2.26. The summed E-state index contributed by atoms with van der Waals surface area (Å²) in [4.78, 5) is 27.6. The number of aliphatic hydroxyl groups is 1. The zero-order valence-corrected chi connectivity index (χ0v) is 18.1. The predicted molar refractivity (Wildman–Crippen MR) is 122 cm³/mol. The standard InChI is InChI=1S/C26H23NO6/c1-31-12-11-27-23(17-9-10-20-21(15-17)33-14-13-32-20)22(25(29)26(27)30)24(28)19-8-4-6-16-5-2-3-7-18(16)19/h2-10,15,23,28H,11-14H2,1H3/b24-22-. The number of rotatable bonds is 5. The molecule has 1 unspecified atom stereocenters. The molecule has 168 valence electrons. The van der Waals surface area contributed by atoms with Gasteiger partial charge in [0.1, 0.15) is 19.0 Å². The third kappa shape index (κ3) is 3.60. The van der Waals surface area contributed by atoms with Gasteiger partial charge in [-0.25, -0.2) is 0 Å². The lowest BCUT2D eigenvalue weighted by Crippen LogP contribution is -2.32. The largest absolute Gasteiger partial charge is 0.507 e. The molecule has 5 rings (SSSR count). The van der Waals surface area contributed by atoms with Crippen molar-refractivity contribution in [2.45, 2.75) is 6.04 Å². The predicted octanol–water partition coefficient (Wildman–Crippen LogP) is 3.68. The number of benzene rings is 3. The molecule has 2 aliphatic rings. The van der Waals surface area contributed by atoms with Crippen LogP contribution in [0.15, 0.2) is 66.2 Å². The number of aliphatic hydroxyl groups excluding tert-OH is 1. The van der Waals surface area contributed by atoms with Crippen molar-refractivity contribution in [2.75, 3.05) is 33.5 Å². The van der Waals surface area contributed by atoms with Crippen LogP contribution in [0.3, 0.4) is 0 Å². The van der Waals surface area contributed by atoms with Crippen LogP contribution in [-0.4, -0.2) is 55.2 Å². The van der Waals surface area contributed by atoms with E-state index in [9.17, 15) is 14.7 Å². The zero-order valence-electron chi connectivity index (χ0n) is 18.1. The van der Waals surface area contributed by atoms with E-state index in [-0.39, 0.29) is 24.5 Å². The maximum atomic E-state index is 13.2. The Morgan fingerprint density at radius 2 is 1.79 bits per heavy atom. The first-order valence-electron chi connectivity index (χ1n) is 10.7. The highest BCUT2D eigenvalue weighted by Gasteiger charge is 2.46. The molecule has 0 bridgehead atoms. The Labute approximate surface area is 190 Å². The summed E-state index contributed by atoms with van der Waals surface area (Å²) in [7, 11) is 1.53. The minimum atomic E-state index is -0.782. The van der Waals surface area contributed by atoms with Gasteiger partial charge < -0.3 is 24.2 Å². The molecule has 3 aromatic carbocycles. The van der Waals surface area contributed by atoms with Crippen LogP contribution in [0, 0.1) is 0 Å². The molecule has 1 N–H and O–H groups in total.